The molecule has 2 atom stereocenters. The van der Waals surface area contributed by atoms with Gasteiger partial charge in [0.05, 0.1) is 20.1 Å². The predicted octanol–water partition coefficient (Wildman–Crippen LogP) is 4.75. The molecule has 1 aliphatic carbocycles. The molecule has 1 N–H and O–H groups in total. The van der Waals surface area contributed by atoms with E-state index in [0.717, 1.165) is 27.8 Å². The van der Waals surface area contributed by atoms with E-state index >= 15 is 0 Å². The Morgan fingerprint density at radius 1 is 0.886 bits per heavy atom. The van der Waals surface area contributed by atoms with Crippen LogP contribution in [0.25, 0.3) is 11.1 Å². The van der Waals surface area contributed by atoms with Gasteiger partial charge in [-0.05, 0) is 39.9 Å². The molecular weight excluding hydrogens is 446 g/mol. The van der Waals surface area contributed by atoms with Gasteiger partial charge in [0.2, 0.25) is 0 Å². The third-order valence-electron chi connectivity index (χ3n) is 7.07. The Hall–Kier alpha value is -4.00. The first-order valence-corrected chi connectivity index (χ1v) is 11.6. The second-order valence-corrected chi connectivity index (χ2v) is 8.87. The fourth-order valence-corrected chi connectivity index (χ4v) is 5.31. The summed E-state index contributed by atoms with van der Waals surface area (Å²) >= 11 is 0. The number of aliphatic carboxylic acids is 1. The lowest BCUT2D eigenvalue weighted by atomic mass is 9.89. The topological polar surface area (TPSA) is 85.3 Å². The number of hydrogen-bond acceptors (Lipinski definition) is 5. The lowest BCUT2D eigenvalue weighted by Crippen LogP contribution is -2.31. The van der Waals surface area contributed by atoms with Gasteiger partial charge in [-0.25, -0.2) is 4.79 Å². The zero-order chi connectivity index (χ0) is 24.5. The summed E-state index contributed by atoms with van der Waals surface area (Å²) in [7, 11) is 3.08. The Labute approximate surface area is 203 Å². The van der Waals surface area contributed by atoms with Crippen molar-refractivity contribution in [2.45, 2.75) is 11.8 Å². The number of nitrogens with zero attached hydrogens (tertiary/aromatic N) is 1. The lowest BCUT2D eigenvalue weighted by molar-refractivity contribution is -0.141. The normalized spacial score (nSPS) is 18.6. The first kappa shape index (κ1) is 22.8. The van der Waals surface area contributed by atoms with E-state index in [2.05, 4.69) is 24.3 Å². The molecule has 7 nitrogen and oxygen atoms in total. The molecule has 0 spiro atoms. The molecule has 0 bridgehead atoms. The summed E-state index contributed by atoms with van der Waals surface area (Å²) in [6.45, 7) is 0.538. The molecule has 7 heteroatoms. The van der Waals surface area contributed by atoms with Gasteiger partial charge in [0.25, 0.3) is 0 Å². The van der Waals surface area contributed by atoms with Crippen LogP contribution in [0, 0.1) is 5.92 Å². The molecule has 1 heterocycles. The van der Waals surface area contributed by atoms with Crippen molar-refractivity contribution < 1.29 is 28.9 Å². The van der Waals surface area contributed by atoms with Gasteiger partial charge < -0.3 is 24.2 Å². The van der Waals surface area contributed by atoms with Gasteiger partial charge in [-0.1, -0.05) is 54.6 Å². The lowest BCUT2D eigenvalue weighted by Gasteiger charge is -2.19. The first-order chi connectivity index (χ1) is 17.0. The number of carbonyl (C=O) groups excluding carboxylic acids is 1. The first-order valence-electron chi connectivity index (χ1n) is 11.6. The average Bonchev–Trinajstić information content (AvgIpc) is 3.47. The number of rotatable bonds is 6. The number of amides is 1. The van der Waals surface area contributed by atoms with Gasteiger partial charge in [0, 0.05) is 24.9 Å². The summed E-state index contributed by atoms with van der Waals surface area (Å²) in [5.74, 6) is -1.03. The van der Waals surface area contributed by atoms with Crippen LogP contribution in [0.15, 0.2) is 66.7 Å². The molecule has 1 fully saturated rings. The van der Waals surface area contributed by atoms with Crippen molar-refractivity contribution >= 4 is 12.1 Å². The molecule has 0 aromatic heterocycles. The smallest absolute Gasteiger partial charge is 0.409 e. The molecule has 2 unspecified atom stereocenters. The van der Waals surface area contributed by atoms with Crippen LogP contribution in [0.5, 0.6) is 11.5 Å². The molecule has 35 heavy (non-hydrogen) atoms. The van der Waals surface area contributed by atoms with E-state index in [-0.39, 0.29) is 31.5 Å². The van der Waals surface area contributed by atoms with E-state index in [4.69, 9.17) is 14.2 Å². The van der Waals surface area contributed by atoms with Crippen molar-refractivity contribution in [3.63, 3.8) is 0 Å². The molecule has 1 aliphatic heterocycles. The Morgan fingerprint density at radius 3 is 2.11 bits per heavy atom. The summed E-state index contributed by atoms with van der Waals surface area (Å²) in [6, 6.07) is 21.7. The van der Waals surface area contributed by atoms with Crippen LogP contribution < -0.4 is 9.47 Å². The number of carboxylic acid groups (broad SMARTS) is 1. The quantitative estimate of drug-likeness (QED) is 0.556. The van der Waals surface area contributed by atoms with Gasteiger partial charge in [0.15, 0.2) is 11.5 Å². The number of hydrogen-bond donors (Lipinski definition) is 1. The average molecular weight is 474 g/mol. The fourth-order valence-electron chi connectivity index (χ4n) is 5.31. The van der Waals surface area contributed by atoms with Gasteiger partial charge in [0.1, 0.15) is 6.61 Å². The Morgan fingerprint density at radius 2 is 1.51 bits per heavy atom. The molecule has 0 saturated carbocycles. The van der Waals surface area contributed by atoms with Crippen LogP contribution in [0.2, 0.25) is 0 Å². The van der Waals surface area contributed by atoms with Crippen molar-refractivity contribution in [2.75, 3.05) is 33.9 Å². The van der Waals surface area contributed by atoms with Crippen molar-refractivity contribution in [2.24, 2.45) is 5.92 Å². The maximum absolute atomic E-state index is 13.1. The van der Waals surface area contributed by atoms with Crippen LogP contribution >= 0.6 is 0 Å². The number of fused-ring (bicyclic) bond motifs is 3. The van der Waals surface area contributed by atoms with E-state index < -0.39 is 18.0 Å². The Kier molecular flexibility index (Phi) is 6.07. The van der Waals surface area contributed by atoms with Crippen LogP contribution in [0.1, 0.15) is 28.5 Å². The number of likely N-dealkylation sites (tertiary alicyclic amines) is 1. The van der Waals surface area contributed by atoms with E-state index in [1.165, 1.54) is 12.0 Å². The second-order valence-electron chi connectivity index (χ2n) is 8.87. The fraction of sp³-hybridized carbons (Fsp3) is 0.286. The van der Waals surface area contributed by atoms with Gasteiger partial charge in [-0.15, -0.1) is 0 Å². The minimum atomic E-state index is -0.946. The summed E-state index contributed by atoms with van der Waals surface area (Å²) in [6.07, 6.45) is -0.499. The van der Waals surface area contributed by atoms with Gasteiger partial charge in [-0.3, -0.25) is 4.79 Å². The second kappa shape index (κ2) is 9.33. The summed E-state index contributed by atoms with van der Waals surface area (Å²) < 4.78 is 16.4. The number of carbonyl (C=O) groups is 2. The highest BCUT2D eigenvalue weighted by atomic mass is 16.6. The monoisotopic (exact) mass is 473 g/mol. The number of carboxylic acids is 1. The highest BCUT2D eigenvalue weighted by Crippen LogP contribution is 2.45. The zero-order valence-corrected chi connectivity index (χ0v) is 19.6. The third-order valence-corrected chi connectivity index (χ3v) is 7.07. The van der Waals surface area contributed by atoms with Gasteiger partial charge >= 0.3 is 12.1 Å². The molecule has 1 amide bonds. The van der Waals surface area contributed by atoms with Crippen molar-refractivity contribution in [3.8, 4) is 22.6 Å². The maximum atomic E-state index is 13.1. The molecular formula is C28H27NO6. The summed E-state index contributed by atoms with van der Waals surface area (Å²) in [5, 5.41) is 9.86. The highest BCUT2D eigenvalue weighted by molar-refractivity contribution is 5.79. The zero-order valence-electron chi connectivity index (χ0n) is 19.6. The van der Waals surface area contributed by atoms with E-state index in [0.29, 0.717) is 11.5 Å². The Bertz CT molecular complexity index is 1230. The predicted molar refractivity (Wildman–Crippen MR) is 130 cm³/mol. The standard InChI is InChI=1S/C28H27NO6/c1-33-25-12-11-17(13-26(25)34-2)22-14-29(15-23(22)27(30)31)28(32)35-16-24-20-9-5-3-7-18(20)19-8-4-6-10-21(19)24/h3-13,22-24H,14-16H2,1-2H3,(H,30,31). The molecule has 5 rings (SSSR count). The molecule has 0 radical (unpaired) electrons. The largest absolute Gasteiger partial charge is 0.493 e. The van der Waals surface area contributed by atoms with E-state index in [1.807, 2.05) is 30.3 Å². The van der Waals surface area contributed by atoms with Crippen molar-refractivity contribution in [1.82, 2.24) is 4.90 Å². The molecule has 3 aromatic carbocycles. The molecule has 3 aromatic rings. The van der Waals surface area contributed by atoms with Crippen LogP contribution in [-0.2, 0) is 9.53 Å². The van der Waals surface area contributed by atoms with Gasteiger partial charge in [-0.2, -0.15) is 0 Å². The minimum Gasteiger partial charge on any atom is -0.493 e. The van der Waals surface area contributed by atoms with Crippen LogP contribution in [-0.4, -0.2) is 56.0 Å². The summed E-state index contributed by atoms with van der Waals surface area (Å²) in [5.41, 5.74) is 5.36. The van der Waals surface area contributed by atoms with E-state index in [1.54, 1.807) is 19.2 Å². The molecule has 180 valence electrons. The Balaban J connectivity index is 1.32. The minimum absolute atomic E-state index is 0.0501. The summed E-state index contributed by atoms with van der Waals surface area (Å²) in [4.78, 5) is 26.6. The van der Waals surface area contributed by atoms with Crippen molar-refractivity contribution in [1.29, 1.82) is 0 Å². The molecule has 1 saturated heterocycles. The van der Waals surface area contributed by atoms with Crippen LogP contribution in [0.4, 0.5) is 4.79 Å². The third kappa shape index (κ3) is 4.07. The SMILES string of the molecule is COc1ccc(C2CN(C(=O)OCC3c4ccccc4-c4ccccc43)CC2C(=O)O)cc1OC. The van der Waals surface area contributed by atoms with Crippen LogP contribution in [0.3, 0.4) is 0 Å². The maximum Gasteiger partial charge on any atom is 0.409 e. The number of ether oxygens (including phenoxy) is 3. The number of methoxy groups -OCH3 is 2. The highest BCUT2D eigenvalue weighted by Gasteiger charge is 2.42. The van der Waals surface area contributed by atoms with Crippen molar-refractivity contribution in [3.05, 3.63) is 83.4 Å². The molecule has 2 aliphatic rings. The van der Waals surface area contributed by atoms with E-state index in [9.17, 15) is 14.7 Å². The number of benzene rings is 3.